The van der Waals surface area contributed by atoms with Crippen LogP contribution in [0.5, 0.6) is 0 Å². The summed E-state index contributed by atoms with van der Waals surface area (Å²) < 4.78 is 32.4. The number of rotatable bonds is 5. The number of benzene rings is 1. The maximum absolute atomic E-state index is 13.9. The summed E-state index contributed by atoms with van der Waals surface area (Å²) in [6.45, 7) is 9.25. The van der Waals surface area contributed by atoms with Crippen molar-refractivity contribution in [1.29, 1.82) is 0 Å². The molecule has 25 heavy (non-hydrogen) atoms. The van der Waals surface area contributed by atoms with E-state index in [9.17, 15) is 8.78 Å². The van der Waals surface area contributed by atoms with E-state index in [1.807, 2.05) is 6.92 Å². The predicted octanol–water partition coefficient (Wildman–Crippen LogP) is 2.30. The van der Waals surface area contributed by atoms with Gasteiger partial charge in [0.15, 0.2) is 5.96 Å². The van der Waals surface area contributed by atoms with E-state index in [0.29, 0.717) is 30.2 Å². The van der Waals surface area contributed by atoms with Crippen LogP contribution >= 0.6 is 0 Å². The normalized spacial score (nSPS) is 21.7. The molecule has 0 saturated carbocycles. The summed E-state index contributed by atoms with van der Waals surface area (Å²) in [5.74, 6) is -0.556. The molecule has 1 aromatic rings. The highest BCUT2D eigenvalue weighted by molar-refractivity contribution is 5.80. The van der Waals surface area contributed by atoms with Gasteiger partial charge in [0, 0.05) is 43.9 Å². The number of nitrogens with zero attached hydrogens (tertiary/aromatic N) is 2. The number of hydrogen-bond acceptors (Lipinski definition) is 3. The zero-order chi connectivity index (χ0) is 18.4. The van der Waals surface area contributed by atoms with Gasteiger partial charge in [0.05, 0.1) is 19.3 Å². The molecule has 5 nitrogen and oxygen atoms in total. The summed E-state index contributed by atoms with van der Waals surface area (Å²) in [4.78, 5) is 6.59. The van der Waals surface area contributed by atoms with Crippen LogP contribution in [0.3, 0.4) is 0 Å². The minimum atomic E-state index is -0.579. The number of aliphatic imine (C=N–C) groups is 1. The van der Waals surface area contributed by atoms with Crippen LogP contribution in [0, 0.1) is 11.6 Å². The van der Waals surface area contributed by atoms with Gasteiger partial charge in [-0.1, -0.05) is 6.07 Å². The van der Waals surface area contributed by atoms with Crippen LogP contribution in [0.1, 0.15) is 32.4 Å². The summed E-state index contributed by atoms with van der Waals surface area (Å²) in [7, 11) is 1.67. The first-order valence-electron chi connectivity index (χ1n) is 8.68. The fourth-order valence-electron chi connectivity index (χ4n) is 3.09. The average Bonchev–Trinajstić information content (AvgIpc) is 2.58. The van der Waals surface area contributed by atoms with Crippen molar-refractivity contribution >= 4 is 5.96 Å². The third-order valence-corrected chi connectivity index (χ3v) is 4.56. The number of halogens is 2. The molecular weight excluding hydrogens is 326 g/mol. The standard InChI is InChI=1S/C18H28F2N4O/c1-12(24-7-8-25-11-13(24)2)10-22-18(21-4)23-14(3)16-6-5-15(19)9-17(16)20/h5-6,9,12-14H,7-8,10-11H2,1-4H3,(H2,21,22,23). The molecule has 2 rings (SSSR count). The van der Waals surface area contributed by atoms with Crippen LogP contribution in [-0.4, -0.2) is 56.3 Å². The van der Waals surface area contributed by atoms with Crippen molar-refractivity contribution in [2.75, 3.05) is 33.4 Å². The van der Waals surface area contributed by atoms with Crippen molar-refractivity contribution in [2.45, 2.75) is 38.9 Å². The third-order valence-electron chi connectivity index (χ3n) is 4.56. The molecule has 3 atom stereocenters. The lowest BCUT2D eigenvalue weighted by molar-refractivity contribution is -0.0174. The molecule has 3 unspecified atom stereocenters. The maximum Gasteiger partial charge on any atom is 0.191 e. The second-order valence-electron chi connectivity index (χ2n) is 6.50. The van der Waals surface area contributed by atoms with Crippen molar-refractivity contribution in [3.63, 3.8) is 0 Å². The largest absolute Gasteiger partial charge is 0.379 e. The van der Waals surface area contributed by atoms with Crippen LogP contribution in [0.2, 0.25) is 0 Å². The van der Waals surface area contributed by atoms with E-state index in [4.69, 9.17) is 4.74 Å². The Bertz CT molecular complexity index is 596. The summed E-state index contributed by atoms with van der Waals surface area (Å²) in [5, 5.41) is 6.42. The molecule has 140 valence electrons. The Labute approximate surface area is 148 Å². The highest BCUT2D eigenvalue weighted by Crippen LogP contribution is 2.17. The molecule has 1 fully saturated rings. The van der Waals surface area contributed by atoms with E-state index in [1.165, 1.54) is 12.1 Å². The van der Waals surface area contributed by atoms with Crippen LogP contribution in [-0.2, 0) is 4.74 Å². The Hall–Kier alpha value is -1.73. The van der Waals surface area contributed by atoms with E-state index in [-0.39, 0.29) is 6.04 Å². The summed E-state index contributed by atoms with van der Waals surface area (Å²) in [5.41, 5.74) is 0.402. The van der Waals surface area contributed by atoms with Crippen molar-refractivity contribution in [1.82, 2.24) is 15.5 Å². The first-order valence-corrected chi connectivity index (χ1v) is 8.68. The fourth-order valence-corrected chi connectivity index (χ4v) is 3.09. The van der Waals surface area contributed by atoms with Crippen molar-refractivity contribution < 1.29 is 13.5 Å². The zero-order valence-corrected chi connectivity index (χ0v) is 15.4. The first-order chi connectivity index (χ1) is 11.9. The van der Waals surface area contributed by atoms with Gasteiger partial charge in [-0.3, -0.25) is 9.89 Å². The Morgan fingerprint density at radius 3 is 2.80 bits per heavy atom. The van der Waals surface area contributed by atoms with Gasteiger partial charge in [0.2, 0.25) is 0 Å². The van der Waals surface area contributed by atoms with Crippen LogP contribution < -0.4 is 10.6 Å². The number of ether oxygens (including phenoxy) is 1. The molecule has 1 aromatic carbocycles. The lowest BCUT2D eigenvalue weighted by atomic mass is 10.1. The lowest BCUT2D eigenvalue weighted by Gasteiger charge is -2.38. The SMILES string of the molecule is CN=C(NCC(C)N1CCOCC1C)NC(C)c1ccc(F)cc1F. The highest BCUT2D eigenvalue weighted by atomic mass is 19.1. The molecule has 0 spiro atoms. The van der Waals surface area contributed by atoms with Crippen LogP contribution in [0.25, 0.3) is 0 Å². The highest BCUT2D eigenvalue weighted by Gasteiger charge is 2.23. The van der Waals surface area contributed by atoms with Gasteiger partial charge < -0.3 is 15.4 Å². The maximum atomic E-state index is 13.9. The van der Waals surface area contributed by atoms with Crippen LogP contribution in [0.15, 0.2) is 23.2 Å². The van der Waals surface area contributed by atoms with E-state index < -0.39 is 11.6 Å². The number of morpholine rings is 1. The van der Waals surface area contributed by atoms with E-state index in [0.717, 1.165) is 25.8 Å². The molecule has 1 aliphatic heterocycles. The molecule has 0 radical (unpaired) electrons. The number of nitrogens with one attached hydrogen (secondary N) is 2. The molecule has 2 N–H and O–H groups in total. The zero-order valence-electron chi connectivity index (χ0n) is 15.4. The molecule has 1 heterocycles. The average molecular weight is 354 g/mol. The number of hydrogen-bond donors (Lipinski definition) is 2. The van der Waals surface area contributed by atoms with Crippen LogP contribution in [0.4, 0.5) is 8.78 Å². The first kappa shape index (κ1) is 19.6. The fraction of sp³-hybridized carbons (Fsp3) is 0.611. The molecule has 0 aliphatic carbocycles. The lowest BCUT2D eigenvalue weighted by Crippen LogP contribution is -2.53. The third kappa shape index (κ3) is 5.37. The minimum Gasteiger partial charge on any atom is -0.379 e. The van der Waals surface area contributed by atoms with E-state index in [1.54, 1.807) is 7.05 Å². The molecule has 0 bridgehead atoms. The Morgan fingerprint density at radius 1 is 1.40 bits per heavy atom. The summed E-state index contributed by atoms with van der Waals surface area (Å²) >= 11 is 0. The topological polar surface area (TPSA) is 48.9 Å². The van der Waals surface area contributed by atoms with Gasteiger partial charge >= 0.3 is 0 Å². The predicted molar refractivity (Wildman–Crippen MR) is 95.7 cm³/mol. The summed E-state index contributed by atoms with van der Waals surface area (Å²) in [6.07, 6.45) is 0. The van der Waals surface area contributed by atoms with Gasteiger partial charge in [-0.25, -0.2) is 8.78 Å². The quantitative estimate of drug-likeness (QED) is 0.629. The van der Waals surface area contributed by atoms with Gasteiger partial charge in [-0.05, 0) is 26.8 Å². The Kier molecular flexibility index (Phi) is 7.13. The van der Waals surface area contributed by atoms with E-state index in [2.05, 4.69) is 34.4 Å². The molecule has 7 heteroatoms. The molecular formula is C18H28F2N4O. The molecule has 1 saturated heterocycles. The van der Waals surface area contributed by atoms with Gasteiger partial charge in [0.1, 0.15) is 11.6 Å². The number of guanidine groups is 1. The molecule has 1 aliphatic rings. The van der Waals surface area contributed by atoms with Gasteiger partial charge in [0.25, 0.3) is 0 Å². The van der Waals surface area contributed by atoms with Crippen molar-refractivity contribution in [3.8, 4) is 0 Å². The van der Waals surface area contributed by atoms with Gasteiger partial charge in [-0.2, -0.15) is 0 Å². The van der Waals surface area contributed by atoms with Crippen molar-refractivity contribution in [2.24, 2.45) is 4.99 Å². The Balaban J connectivity index is 1.89. The van der Waals surface area contributed by atoms with E-state index >= 15 is 0 Å². The minimum absolute atomic E-state index is 0.315. The second kappa shape index (κ2) is 9.10. The van der Waals surface area contributed by atoms with Gasteiger partial charge in [-0.15, -0.1) is 0 Å². The Morgan fingerprint density at radius 2 is 2.16 bits per heavy atom. The monoisotopic (exact) mass is 354 g/mol. The smallest absolute Gasteiger partial charge is 0.191 e. The second-order valence-corrected chi connectivity index (χ2v) is 6.50. The van der Waals surface area contributed by atoms with Crippen molar-refractivity contribution in [3.05, 3.63) is 35.4 Å². The summed E-state index contributed by atoms with van der Waals surface area (Å²) in [6, 6.07) is 3.97. The molecule has 0 amide bonds. The molecule has 0 aromatic heterocycles.